The van der Waals surface area contributed by atoms with Gasteiger partial charge in [0.05, 0.1) is 0 Å². The van der Waals surface area contributed by atoms with Crippen LogP contribution in [0.15, 0.2) is 59.1 Å². The maximum atomic E-state index is 12.6. The molecule has 0 saturated heterocycles. The van der Waals surface area contributed by atoms with Crippen molar-refractivity contribution in [3.8, 4) is 0 Å². The zero-order chi connectivity index (χ0) is 33.3. The second kappa shape index (κ2) is 29.9. The summed E-state index contributed by atoms with van der Waals surface area (Å²) in [6.45, 7) is 12.4. The number of hydrogen-bond donors (Lipinski definition) is 0. The normalized spacial score (nSPS) is 8.80. The van der Waals surface area contributed by atoms with Crippen molar-refractivity contribution in [3.63, 3.8) is 0 Å². The third kappa shape index (κ3) is 25.0. The van der Waals surface area contributed by atoms with E-state index in [0.29, 0.717) is 0 Å². The van der Waals surface area contributed by atoms with Crippen molar-refractivity contribution in [2.75, 3.05) is 0 Å². The van der Waals surface area contributed by atoms with E-state index in [1.807, 2.05) is 52.0 Å². The minimum absolute atomic E-state index is 0.924. The highest BCUT2D eigenvalue weighted by Crippen LogP contribution is 2.22. The fourth-order valence-corrected chi connectivity index (χ4v) is 30.3. The standard InChI is InChI=1S/C16H18OP.C8H9Br.S9.S8/c1-11-5-12(2)8-15(7-11)18(17)16-9-13(3)6-14(4)10-16;1-6-3-7(2)5-8(9)4-6;1-3-5-7-9-8-6-4-2;1-3-5-7-8-6-4-2/h5-10H,1-4H3;3-5H,1-2H3;;/q+1;;;. The van der Waals surface area contributed by atoms with Gasteiger partial charge in [0, 0.05) is 165 Å². The van der Waals surface area contributed by atoms with Crippen LogP contribution < -0.4 is 10.6 Å². The van der Waals surface area contributed by atoms with Crippen LogP contribution in [0.5, 0.6) is 0 Å². The van der Waals surface area contributed by atoms with E-state index >= 15 is 0 Å². The van der Waals surface area contributed by atoms with Gasteiger partial charge in [0.25, 0.3) is 0 Å². The quantitative estimate of drug-likeness (QED) is 0.265. The second-order valence-electron chi connectivity index (χ2n) is 8.18. The molecule has 0 heterocycles. The van der Waals surface area contributed by atoms with Gasteiger partial charge in [-0.2, -0.15) is 0 Å². The van der Waals surface area contributed by atoms with Crippen molar-refractivity contribution in [3.05, 3.63) is 92.5 Å². The van der Waals surface area contributed by atoms with Crippen molar-refractivity contribution >= 4 is 195 Å². The van der Waals surface area contributed by atoms with Gasteiger partial charge in [0.2, 0.25) is 0 Å². The molecule has 0 atom stereocenters. The fraction of sp³-hybridized carbons (Fsp3) is 0.250. The number of hydrogen-bond acceptors (Lipinski definition) is 5. The van der Waals surface area contributed by atoms with Crippen molar-refractivity contribution in [1.82, 2.24) is 0 Å². The number of halogens is 1. The molecule has 3 aromatic rings. The smallest absolute Gasteiger partial charge is 0.0613 e. The van der Waals surface area contributed by atoms with E-state index < -0.39 is 7.80 Å². The first kappa shape index (κ1) is 46.0. The first-order valence-corrected chi connectivity index (χ1v) is 33.6. The number of benzene rings is 3. The highest BCUT2D eigenvalue weighted by Gasteiger charge is 2.24. The van der Waals surface area contributed by atoms with Crippen LogP contribution in [-0.2, 0) is 165 Å². The molecule has 3 rings (SSSR count). The van der Waals surface area contributed by atoms with Gasteiger partial charge in [-0.25, -0.2) is 0 Å². The second-order valence-corrected chi connectivity index (χ2v) is 33.7. The lowest BCUT2D eigenvalue weighted by atomic mass is 10.2. The maximum Gasteiger partial charge on any atom is 0.415 e. The average Bonchev–Trinajstić information content (AvgIpc) is 2.94. The van der Waals surface area contributed by atoms with Crippen LogP contribution in [0.2, 0.25) is 0 Å². The first-order chi connectivity index (χ1) is 21.0. The van der Waals surface area contributed by atoms with Crippen LogP contribution in [0.1, 0.15) is 33.4 Å². The third-order valence-corrected chi connectivity index (χ3v) is 30.7. The van der Waals surface area contributed by atoms with E-state index in [-0.39, 0.29) is 0 Å². The van der Waals surface area contributed by atoms with Gasteiger partial charge in [-0.1, -0.05) is 38.7 Å². The fourth-order valence-electron chi connectivity index (χ4n) is 3.31. The van der Waals surface area contributed by atoms with Crippen LogP contribution in [0.25, 0.3) is 0 Å². The van der Waals surface area contributed by atoms with E-state index in [1.165, 1.54) is 51.1 Å². The van der Waals surface area contributed by atoms with Crippen LogP contribution in [0, 0.1) is 41.5 Å². The van der Waals surface area contributed by atoms with Crippen molar-refractivity contribution in [1.29, 1.82) is 0 Å². The third-order valence-electron chi connectivity index (χ3n) is 4.37. The van der Waals surface area contributed by atoms with Crippen LogP contribution >= 0.6 is 23.7 Å². The van der Waals surface area contributed by atoms with Gasteiger partial charge in [-0.15, -0.1) is 0 Å². The largest absolute Gasteiger partial charge is 0.415 e. The highest BCUT2D eigenvalue weighted by atomic mass is 79.9. The molecule has 0 saturated carbocycles. The molecule has 242 valence electrons. The summed E-state index contributed by atoms with van der Waals surface area (Å²) in [5.74, 6) is 0. The Morgan fingerprint density at radius 3 is 0.886 bits per heavy atom. The summed E-state index contributed by atoms with van der Waals surface area (Å²) in [6.07, 6.45) is 0. The zero-order valence-electron chi connectivity index (χ0n) is 23.9. The Hall–Kier alpha value is 1.98. The van der Waals surface area contributed by atoms with Crippen molar-refractivity contribution in [2.45, 2.75) is 41.5 Å². The Balaban J connectivity index is 0.000000607. The maximum absolute atomic E-state index is 12.6. The Morgan fingerprint density at radius 1 is 0.432 bits per heavy atom. The van der Waals surface area contributed by atoms with Gasteiger partial charge in [-0.3, -0.25) is 0 Å². The molecule has 0 N–H and O–H groups in total. The molecule has 44 heavy (non-hydrogen) atoms. The van der Waals surface area contributed by atoms with E-state index in [2.05, 4.69) is 105 Å². The lowest BCUT2D eigenvalue weighted by Crippen LogP contribution is -2.08. The summed E-state index contributed by atoms with van der Waals surface area (Å²) in [5, 5.41) is 1.85. The Bertz CT molecular complexity index is 1810. The Kier molecular flexibility index (Phi) is 31.2. The lowest BCUT2D eigenvalue weighted by Gasteiger charge is -1.98. The van der Waals surface area contributed by atoms with Gasteiger partial charge in [0.15, 0.2) is 10.6 Å². The molecule has 0 bridgehead atoms. The average molecular weight is 987 g/mol. The molecule has 0 spiro atoms. The van der Waals surface area contributed by atoms with Gasteiger partial charge in [-0.05, 0) is 111 Å². The molecule has 0 fully saturated rings. The summed E-state index contributed by atoms with van der Waals surface area (Å²) in [4.78, 5) is 0. The SMILES string of the molecule is Cc1cc(C)cc(Br)c1.Cc1cc(C)cc([P+](=O)c2cc(C)cc(C)c2)c1.S=S=S=S=S=S=S=S.S=S=S=S=S=S=S=S=S. The van der Waals surface area contributed by atoms with Gasteiger partial charge in [0.1, 0.15) is 0 Å². The molecule has 0 unspecified atom stereocenters. The molecule has 0 radical (unpaired) electrons. The van der Waals surface area contributed by atoms with E-state index in [1.54, 1.807) is 79.9 Å². The van der Waals surface area contributed by atoms with Crippen LogP contribution in [0.3, 0.4) is 0 Å². The summed E-state index contributed by atoms with van der Waals surface area (Å²) in [7, 11) is 18.5. The lowest BCUT2D eigenvalue weighted by molar-refractivity contribution is 0.598. The predicted octanol–water partition coefficient (Wildman–Crippen LogP) is 6.72. The molecule has 0 aliphatic carbocycles. The molecule has 3 aromatic carbocycles. The number of aryl methyl sites for hydroxylation is 6. The molecule has 0 aromatic heterocycles. The van der Waals surface area contributed by atoms with E-state index in [0.717, 1.165) is 32.9 Å². The zero-order valence-corrected chi connectivity index (χ0v) is 40.2. The molecular weight excluding hydrogens is 960 g/mol. The van der Waals surface area contributed by atoms with Gasteiger partial charge >= 0.3 is 7.80 Å². The topological polar surface area (TPSA) is 17.1 Å². The molecule has 0 aliphatic rings. The molecular formula is C24H27BrOPS17+. The van der Waals surface area contributed by atoms with E-state index in [9.17, 15) is 4.57 Å². The Morgan fingerprint density at radius 2 is 0.659 bits per heavy atom. The predicted molar refractivity (Wildman–Crippen MR) is 248 cm³/mol. The molecule has 20 heteroatoms. The van der Waals surface area contributed by atoms with E-state index in [4.69, 9.17) is 0 Å². The van der Waals surface area contributed by atoms with Crippen LogP contribution in [-0.4, -0.2) is 0 Å². The summed E-state index contributed by atoms with van der Waals surface area (Å²) < 4.78 is 13.8. The van der Waals surface area contributed by atoms with Gasteiger partial charge < -0.3 is 0 Å². The molecule has 0 amide bonds. The first-order valence-electron chi connectivity index (χ1n) is 11.5. The highest BCUT2D eigenvalue weighted by molar-refractivity contribution is 9.10. The molecule has 0 aliphatic heterocycles. The summed E-state index contributed by atoms with van der Waals surface area (Å²) in [6, 6.07) is 18.6. The summed E-state index contributed by atoms with van der Waals surface area (Å²) in [5.41, 5.74) is 7.27. The monoisotopic (exact) mass is 985 g/mol. The van der Waals surface area contributed by atoms with Crippen LogP contribution in [0.4, 0.5) is 0 Å². The Labute approximate surface area is 327 Å². The summed E-state index contributed by atoms with van der Waals surface area (Å²) >= 11 is 21.9. The number of rotatable bonds is 2. The minimum atomic E-state index is -1.49. The van der Waals surface area contributed by atoms with Crippen molar-refractivity contribution < 1.29 is 4.57 Å². The minimum Gasteiger partial charge on any atom is -0.0613 e. The van der Waals surface area contributed by atoms with Crippen molar-refractivity contribution in [2.24, 2.45) is 0 Å². The molecule has 1 nitrogen and oxygen atoms in total.